The minimum Gasteiger partial charge on any atom is -0.309 e. The second kappa shape index (κ2) is 6.83. The summed E-state index contributed by atoms with van der Waals surface area (Å²) in [4.78, 5) is 5.53. The average molecular weight is 274 g/mol. The molecular weight excluding hydrogens is 252 g/mol. The second-order valence-corrected chi connectivity index (χ2v) is 5.95. The summed E-state index contributed by atoms with van der Waals surface area (Å²) in [7, 11) is 0. The molecule has 2 aromatic rings. The summed E-state index contributed by atoms with van der Waals surface area (Å²) in [5, 5.41) is 3.62. The van der Waals surface area contributed by atoms with Crippen LogP contribution in [-0.2, 0) is 6.42 Å². The number of nitrogens with one attached hydrogen (secondary N) is 1. The Kier molecular flexibility index (Phi) is 5.11. The molecule has 0 saturated carbocycles. The van der Waals surface area contributed by atoms with Gasteiger partial charge in [0.05, 0.1) is 5.51 Å². The van der Waals surface area contributed by atoms with Crippen LogP contribution in [0.1, 0.15) is 41.0 Å². The largest absolute Gasteiger partial charge is 0.309 e. The van der Waals surface area contributed by atoms with Crippen LogP contribution in [0.4, 0.5) is 0 Å². The summed E-state index contributed by atoms with van der Waals surface area (Å²) < 4.78 is 0. The molecule has 1 heterocycles. The van der Waals surface area contributed by atoms with Gasteiger partial charge in [-0.15, -0.1) is 11.3 Å². The van der Waals surface area contributed by atoms with Crippen LogP contribution in [0.5, 0.6) is 0 Å². The smallest absolute Gasteiger partial charge is 0.0794 e. The molecule has 0 saturated heterocycles. The number of aryl methyl sites for hydroxylation is 2. The molecule has 2 nitrogen and oxygen atoms in total. The Morgan fingerprint density at radius 1 is 1.26 bits per heavy atom. The van der Waals surface area contributed by atoms with E-state index in [0.717, 1.165) is 19.4 Å². The quantitative estimate of drug-likeness (QED) is 0.860. The van der Waals surface area contributed by atoms with Crippen molar-refractivity contribution in [3.05, 3.63) is 51.5 Å². The van der Waals surface area contributed by atoms with Gasteiger partial charge in [0.15, 0.2) is 0 Å². The molecule has 0 aliphatic rings. The Hall–Kier alpha value is -1.19. The topological polar surface area (TPSA) is 24.9 Å². The van der Waals surface area contributed by atoms with E-state index in [1.54, 1.807) is 11.3 Å². The van der Waals surface area contributed by atoms with Gasteiger partial charge in [-0.3, -0.25) is 4.98 Å². The monoisotopic (exact) mass is 274 g/mol. The lowest BCUT2D eigenvalue weighted by molar-refractivity contribution is 0.536. The average Bonchev–Trinajstić information content (AvgIpc) is 2.92. The number of aromatic nitrogens is 1. The van der Waals surface area contributed by atoms with E-state index in [1.807, 2.05) is 11.7 Å². The van der Waals surface area contributed by atoms with Crippen molar-refractivity contribution in [3.8, 4) is 0 Å². The van der Waals surface area contributed by atoms with E-state index in [-0.39, 0.29) is 0 Å². The first-order valence-corrected chi connectivity index (χ1v) is 7.76. The molecule has 3 heteroatoms. The van der Waals surface area contributed by atoms with Crippen molar-refractivity contribution < 1.29 is 0 Å². The highest BCUT2D eigenvalue weighted by molar-refractivity contribution is 7.09. The zero-order chi connectivity index (χ0) is 13.7. The number of thiazole rings is 1. The summed E-state index contributed by atoms with van der Waals surface area (Å²) in [6, 6.07) is 7.14. The van der Waals surface area contributed by atoms with E-state index in [1.165, 1.54) is 21.6 Å². The van der Waals surface area contributed by atoms with E-state index in [4.69, 9.17) is 0 Å². The van der Waals surface area contributed by atoms with Crippen LogP contribution in [0, 0.1) is 13.8 Å². The highest BCUT2D eigenvalue weighted by atomic mass is 32.1. The second-order valence-electron chi connectivity index (χ2n) is 5.03. The summed E-state index contributed by atoms with van der Waals surface area (Å²) >= 11 is 1.73. The fraction of sp³-hybridized carbons (Fsp3) is 0.438. The maximum atomic E-state index is 4.20. The summed E-state index contributed by atoms with van der Waals surface area (Å²) in [5.41, 5.74) is 6.04. The number of hydrogen-bond donors (Lipinski definition) is 1. The molecule has 0 radical (unpaired) electrons. The van der Waals surface area contributed by atoms with Gasteiger partial charge in [-0.05, 0) is 49.9 Å². The van der Waals surface area contributed by atoms with Crippen LogP contribution in [-0.4, -0.2) is 11.5 Å². The van der Waals surface area contributed by atoms with Gasteiger partial charge >= 0.3 is 0 Å². The normalized spacial score (nSPS) is 12.6. The molecule has 1 unspecified atom stereocenters. The third-order valence-electron chi connectivity index (χ3n) is 3.45. The number of benzene rings is 1. The SMILES string of the molecule is CCCNC(Cc1ccc(C)c(C)c1)c1cncs1. The van der Waals surface area contributed by atoms with Crippen molar-refractivity contribution in [3.63, 3.8) is 0 Å². The van der Waals surface area contributed by atoms with Crippen LogP contribution in [0.15, 0.2) is 29.9 Å². The molecule has 1 aromatic heterocycles. The molecule has 1 atom stereocenters. The van der Waals surface area contributed by atoms with Crippen LogP contribution in [0.2, 0.25) is 0 Å². The molecule has 0 bridgehead atoms. The van der Waals surface area contributed by atoms with E-state index < -0.39 is 0 Å². The Bertz CT molecular complexity index is 505. The van der Waals surface area contributed by atoms with Gasteiger partial charge in [0.25, 0.3) is 0 Å². The molecule has 102 valence electrons. The van der Waals surface area contributed by atoms with Crippen molar-refractivity contribution in [2.24, 2.45) is 0 Å². The van der Waals surface area contributed by atoms with E-state index in [9.17, 15) is 0 Å². The fourth-order valence-corrected chi connectivity index (χ4v) is 2.85. The maximum Gasteiger partial charge on any atom is 0.0794 e. The van der Waals surface area contributed by atoms with Gasteiger partial charge in [-0.2, -0.15) is 0 Å². The molecule has 1 N–H and O–H groups in total. The van der Waals surface area contributed by atoms with E-state index >= 15 is 0 Å². The minimum atomic E-state index is 0.384. The lowest BCUT2D eigenvalue weighted by atomic mass is 10.0. The lowest BCUT2D eigenvalue weighted by Crippen LogP contribution is -2.23. The fourth-order valence-electron chi connectivity index (χ4n) is 2.16. The Morgan fingerprint density at radius 3 is 2.74 bits per heavy atom. The highest BCUT2D eigenvalue weighted by Gasteiger charge is 2.13. The van der Waals surface area contributed by atoms with Gasteiger partial charge < -0.3 is 5.32 Å². The maximum absolute atomic E-state index is 4.20. The molecule has 2 rings (SSSR count). The molecule has 0 fully saturated rings. The molecule has 1 aromatic carbocycles. The van der Waals surface area contributed by atoms with Crippen molar-refractivity contribution in [2.75, 3.05) is 6.54 Å². The number of hydrogen-bond acceptors (Lipinski definition) is 3. The lowest BCUT2D eigenvalue weighted by Gasteiger charge is -2.17. The Balaban J connectivity index is 2.13. The van der Waals surface area contributed by atoms with Gasteiger partial charge in [-0.25, -0.2) is 0 Å². The molecule has 0 amide bonds. The van der Waals surface area contributed by atoms with Crippen LogP contribution in [0.3, 0.4) is 0 Å². The predicted octanol–water partition coefficient (Wildman–Crippen LogP) is 4.04. The van der Waals surface area contributed by atoms with Crippen molar-refractivity contribution in [2.45, 2.75) is 39.7 Å². The molecular formula is C16H22N2S. The molecule has 19 heavy (non-hydrogen) atoms. The van der Waals surface area contributed by atoms with Gasteiger partial charge in [0.1, 0.15) is 0 Å². The van der Waals surface area contributed by atoms with Gasteiger partial charge in [0, 0.05) is 17.1 Å². The molecule has 0 spiro atoms. The predicted molar refractivity (Wildman–Crippen MR) is 82.8 cm³/mol. The highest BCUT2D eigenvalue weighted by Crippen LogP contribution is 2.22. The standard InChI is InChI=1S/C16H22N2S/c1-4-7-18-15(16-10-17-11-19-16)9-14-6-5-12(2)13(3)8-14/h5-6,8,10-11,15,18H,4,7,9H2,1-3H3. The first-order valence-electron chi connectivity index (χ1n) is 6.88. The van der Waals surface area contributed by atoms with Crippen molar-refractivity contribution in [1.29, 1.82) is 0 Å². The summed E-state index contributed by atoms with van der Waals surface area (Å²) in [6.07, 6.45) is 4.17. The first kappa shape index (κ1) is 14.2. The van der Waals surface area contributed by atoms with E-state index in [2.05, 4.69) is 49.3 Å². The van der Waals surface area contributed by atoms with Gasteiger partial charge in [0.2, 0.25) is 0 Å². The van der Waals surface area contributed by atoms with Gasteiger partial charge in [-0.1, -0.05) is 25.1 Å². The Morgan fingerprint density at radius 2 is 2.11 bits per heavy atom. The zero-order valence-electron chi connectivity index (χ0n) is 11.9. The van der Waals surface area contributed by atoms with Crippen LogP contribution >= 0.6 is 11.3 Å². The van der Waals surface area contributed by atoms with E-state index in [0.29, 0.717) is 6.04 Å². The number of rotatable bonds is 6. The third kappa shape index (κ3) is 3.88. The van der Waals surface area contributed by atoms with Crippen molar-refractivity contribution >= 4 is 11.3 Å². The van der Waals surface area contributed by atoms with Crippen LogP contribution < -0.4 is 5.32 Å². The first-order chi connectivity index (χ1) is 9.20. The summed E-state index contributed by atoms with van der Waals surface area (Å²) in [6.45, 7) is 7.59. The summed E-state index contributed by atoms with van der Waals surface area (Å²) in [5.74, 6) is 0. The zero-order valence-corrected chi connectivity index (χ0v) is 12.8. The molecule has 0 aliphatic heterocycles. The Labute approximate surface area is 119 Å². The number of nitrogens with zero attached hydrogens (tertiary/aromatic N) is 1. The molecule has 0 aliphatic carbocycles. The third-order valence-corrected chi connectivity index (χ3v) is 4.34. The van der Waals surface area contributed by atoms with Crippen LogP contribution in [0.25, 0.3) is 0 Å². The van der Waals surface area contributed by atoms with Crippen molar-refractivity contribution in [1.82, 2.24) is 10.3 Å². The minimum absolute atomic E-state index is 0.384.